The van der Waals surface area contributed by atoms with Crippen molar-refractivity contribution in [1.29, 1.82) is 0 Å². The van der Waals surface area contributed by atoms with Crippen molar-refractivity contribution in [3.05, 3.63) is 12.4 Å². The summed E-state index contributed by atoms with van der Waals surface area (Å²) >= 11 is 0. The minimum absolute atomic E-state index is 0.0245. The molecule has 0 aromatic carbocycles. The summed E-state index contributed by atoms with van der Waals surface area (Å²) in [5.74, 6) is 1.09. The van der Waals surface area contributed by atoms with Gasteiger partial charge in [-0.15, -0.1) is 0 Å². The van der Waals surface area contributed by atoms with E-state index in [1.165, 1.54) is 0 Å². The molecule has 1 aromatic heterocycles. The molecule has 1 heterocycles. The summed E-state index contributed by atoms with van der Waals surface area (Å²) < 4.78 is 9.96. The first kappa shape index (κ1) is 11.7. The quantitative estimate of drug-likeness (QED) is 0.683. The molecule has 1 unspecified atom stereocenters. The zero-order valence-electron chi connectivity index (χ0n) is 8.93. The molecule has 1 rings (SSSR count). The van der Waals surface area contributed by atoms with E-state index in [0.717, 1.165) is 0 Å². The summed E-state index contributed by atoms with van der Waals surface area (Å²) in [6, 6.07) is 0.0245. The molecule has 0 bridgehead atoms. The number of hydrogen-bond donors (Lipinski definition) is 2. The van der Waals surface area contributed by atoms with E-state index in [9.17, 15) is 0 Å². The molecule has 6 nitrogen and oxygen atoms in total. The molecular weight excluding hydrogens is 196 g/mol. The molecule has 15 heavy (non-hydrogen) atoms. The second-order valence-electron chi connectivity index (χ2n) is 2.98. The molecule has 6 heteroatoms. The molecule has 0 radical (unpaired) electrons. The van der Waals surface area contributed by atoms with Crippen LogP contribution in [0.15, 0.2) is 12.4 Å². The molecule has 0 aliphatic carbocycles. The number of anilines is 1. The topological polar surface area (TPSA) is 82.3 Å². The van der Waals surface area contributed by atoms with Crippen LogP contribution in [0.5, 0.6) is 5.88 Å². The molecule has 0 aliphatic heterocycles. The van der Waals surface area contributed by atoms with Gasteiger partial charge in [0.15, 0.2) is 0 Å². The van der Waals surface area contributed by atoms with Crippen LogP contribution < -0.4 is 15.8 Å². The third-order valence-corrected chi connectivity index (χ3v) is 1.83. The monoisotopic (exact) mass is 212 g/mol. The molecule has 0 aliphatic rings. The first-order valence-electron chi connectivity index (χ1n) is 4.61. The Hall–Kier alpha value is -1.40. The summed E-state index contributed by atoms with van der Waals surface area (Å²) in [5.41, 5.74) is 5.56. The molecule has 1 atom stereocenters. The Bertz CT molecular complexity index is 295. The first-order valence-corrected chi connectivity index (χ1v) is 4.61. The van der Waals surface area contributed by atoms with Gasteiger partial charge < -0.3 is 20.5 Å². The van der Waals surface area contributed by atoms with Gasteiger partial charge in [-0.1, -0.05) is 0 Å². The van der Waals surface area contributed by atoms with E-state index in [1.54, 1.807) is 26.6 Å². The lowest BCUT2D eigenvalue weighted by Gasteiger charge is -2.16. The largest absolute Gasteiger partial charge is 0.480 e. The Morgan fingerprint density at radius 1 is 1.47 bits per heavy atom. The van der Waals surface area contributed by atoms with Crippen LogP contribution in [0.1, 0.15) is 0 Å². The third kappa shape index (κ3) is 3.69. The number of hydrogen-bond acceptors (Lipinski definition) is 6. The first-order chi connectivity index (χ1) is 7.30. The minimum atomic E-state index is 0.0245. The zero-order valence-corrected chi connectivity index (χ0v) is 8.93. The molecule has 0 amide bonds. The van der Waals surface area contributed by atoms with Crippen LogP contribution in [0.3, 0.4) is 0 Å². The van der Waals surface area contributed by atoms with Crippen molar-refractivity contribution >= 4 is 5.82 Å². The van der Waals surface area contributed by atoms with Gasteiger partial charge in [0.05, 0.1) is 32.2 Å². The average Bonchev–Trinajstić information content (AvgIpc) is 2.29. The fourth-order valence-corrected chi connectivity index (χ4v) is 1.09. The number of methoxy groups -OCH3 is 2. The van der Waals surface area contributed by atoms with Crippen molar-refractivity contribution in [1.82, 2.24) is 9.97 Å². The molecule has 0 saturated heterocycles. The van der Waals surface area contributed by atoms with Gasteiger partial charge in [-0.3, -0.25) is 4.98 Å². The summed E-state index contributed by atoms with van der Waals surface area (Å²) in [6.07, 6.45) is 3.15. The lowest BCUT2D eigenvalue weighted by molar-refractivity contribution is 0.187. The van der Waals surface area contributed by atoms with Crippen LogP contribution in [-0.4, -0.2) is 43.4 Å². The fraction of sp³-hybridized carbons (Fsp3) is 0.556. The van der Waals surface area contributed by atoms with E-state index >= 15 is 0 Å². The molecular formula is C9H16N4O2. The van der Waals surface area contributed by atoms with Crippen LogP contribution in [-0.2, 0) is 4.74 Å². The Labute approximate surface area is 88.8 Å². The van der Waals surface area contributed by atoms with Gasteiger partial charge in [0.2, 0.25) is 5.88 Å². The van der Waals surface area contributed by atoms with E-state index < -0.39 is 0 Å². The van der Waals surface area contributed by atoms with Crippen LogP contribution in [0, 0.1) is 0 Å². The van der Waals surface area contributed by atoms with Gasteiger partial charge in [0, 0.05) is 13.7 Å². The second kappa shape index (κ2) is 6.15. The van der Waals surface area contributed by atoms with E-state index in [0.29, 0.717) is 24.8 Å². The van der Waals surface area contributed by atoms with Crippen molar-refractivity contribution < 1.29 is 9.47 Å². The maximum Gasteiger partial charge on any atom is 0.233 e. The predicted octanol–water partition coefficient (Wildman–Crippen LogP) is -0.129. The molecule has 0 saturated carbocycles. The summed E-state index contributed by atoms with van der Waals surface area (Å²) in [6.45, 7) is 0.988. The zero-order chi connectivity index (χ0) is 11.1. The maximum absolute atomic E-state index is 5.56. The third-order valence-electron chi connectivity index (χ3n) is 1.83. The van der Waals surface area contributed by atoms with Crippen LogP contribution in [0.4, 0.5) is 5.82 Å². The molecule has 0 fully saturated rings. The van der Waals surface area contributed by atoms with Gasteiger partial charge in [-0.2, -0.15) is 4.98 Å². The van der Waals surface area contributed by atoms with Gasteiger partial charge >= 0.3 is 0 Å². The summed E-state index contributed by atoms with van der Waals surface area (Å²) in [4.78, 5) is 8.13. The second-order valence-corrected chi connectivity index (χ2v) is 2.98. The maximum atomic E-state index is 5.56. The van der Waals surface area contributed by atoms with Crippen LogP contribution in [0.25, 0.3) is 0 Å². The Balaban J connectivity index is 2.61. The number of nitrogens with zero attached hydrogens (tertiary/aromatic N) is 2. The molecule has 1 aromatic rings. The summed E-state index contributed by atoms with van der Waals surface area (Å²) in [5, 5.41) is 3.10. The SMILES string of the molecule is COCC(CN)Nc1cncc(OC)n1. The highest BCUT2D eigenvalue weighted by Gasteiger charge is 2.07. The van der Waals surface area contributed by atoms with E-state index in [-0.39, 0.29) is 6.04 Å². The van der Waals surface area contributed by atoms with Gasteiger partial charge in [0.25, 0.3) is 0 Å². The van der Waals surface area contributed by atoms with E-state index in [4.69, 9.17) is 15.2 Å². The standard InChI is InChI=1S/C9H16N4O2/c1-14-6-7(3-10)12-8-4-11-5-9(13-8)15-2/h4-5,7H,3,6,10H2,1-2H3,(H,12,13). The van der Waals surface area contributed by atoms with Gasteiger partial charge in [-0.05, 0) is 0 Å². The lowest BCUT2D eigenvalue weighted by Crippen LogP contribution is -2.33. The minimum Gasteiger partial charge on any atom is -0.480 e. The highest BCUT2D eigenvalue weighted by Crippen LogP contribution is 2.08. The average molecular weight is 212 g/mol. The van der Waals surface area contributed by atoms with E-state index in [2.05, 4.69) is 15.3 Å². The smallest absolute Gasteiger partial charge is 0.233 e. The number of rotatable bonds is 6. The molecule has 84 valence electrons. The fourth-order valence-electron chi connectivity index (χ4n) is 1.09. The predicted molar refractivity (Wildman–Crippen MR) is 56.9 cm³/mol. The summed E-state index contributed by atoms with van der Waals surface area (Å²) in [7, 11) is 3.17. The highest BCUT2D eigenvalue weighted by molar-refractivity contribution is 5.34. The van der Waals surface area contributed by atoms with E-state index in [1.807, 2.05) is 0 Å². The Kier molecular flexibility index (Phi) is 4.79. The van der Waals surface area contributed by atoms with Gasteiger partial charge in [0.1, 0.15) is 5.82 Å². The van der Waals surface area contributed by atoms with Crippen LogP contribution >= 0.6 is 0 Å². The lowest BCUT2D eigenvalue weighted by atomic mass is 10.3. The highest BCUT2D eigenvalue weighted by atomic mass is 16.5. The van der Waals surface area contributed by atoms with Crippen molar-refractivity contribution in [3.8, 4) is 5.88 Å². The molecule has 0 spiro atoms. The number of aromatic nitrogens is 2. The number of nitrogens with two attached hydrogens (primary N) is 1. The Morgan fingerprint density at radius 2 is 2.27 bits per heavy atom. The number of nitrogens with one attached hydrogen (secondary N) is 1. The van der Waals surface area contributed by atoms with Crippen molar-refractivity contribution in [2.45, 2.75) is 6.04 Å². The molecule has 3 N–H and O–H groups in total. The number of ether oxygens (including phenoxy) is 2. The van der Waals surface area contributed by atoms with Crippen molar-refractivity contribution in [3.63, 3.8) is 0 Å². The van der Waals surface area contributed by atoms with Crippen molar-refractivity contribution in [2.24, 2.45) is 5.73 Å². The van der Waals surface area contributed by atoms with Gasteiger partial charge in [-0.25, -0.2) is 0 Å². The Morgan fingerprint density at radius 3 is 2.87 bits per heavy atom. The van der Waals surface area contributed by atoms with Crippen LogP contribution in [0.2, 0.25) is 0 Å². The normalized spacial score (nSPS) is 12.2. The van der Waals surface area contributed by atoms with Crippen molar-refractivity contribution in [2.75, 3.05) is 32.7 Å².